The summed E-state index contributed by atoms with van der Waals surface area (Å²) in [6, 6.07) is 5.47. The number of hydrogen-bond donors (Lipinski definition) is 2. The summed E-state index contributed by atoms with van der Waals surface area (Å²) < 4.78 is 39.9. The maximum absolute atomic E-state index is 13.1. The second-order valence-corrected chi connectivity index (χ2v) is 4.97. The van der Waals surface area contributed by atoms with Gasteiger partial charge in [-0.3, -0.25) is 4.79 Å². The molecule has 9 heteroatoms. The van der Waals surface area contributed by atoms with Gasteiger partial charge in [-0.15, -0.1) is 0 Å². The first-order valence-corrected chi connectivity index (χ1v) is 7.02. The third-order valence-electron chi connectivity index (χ3n) is 3.14. The molecule has 0 aliphatic rings. The Morgan fingerprint density at radius 1 is 1.25 bits per heavy atom. The second-order valence-electron chi connectivity index (χ2n) is 4.97. The zero-order valence-corrected chi connectivity index (χ0v) is 12.6. The van der Waals surface area contributed by atoms with E-state index >= 15 is 0 Å². The normalized spacial score (nSPS) is 11.3. The fourth-order valence-electron chi connectivity index (χ4n) is 2.11. The number of anilines is 1. The number of nitrogens with one attached hydrogen (secondary N) is 1. The number of aromatic nitrogens is 2. The van der Waals surface area contributed by atoms with Crippen LogP contribution in [0.4, 0.5) is 18.9 Å². The summed E-state index contributed by atoms with van der Waals surface area (Å²) in [6.45, 7) is 1.85. The van der Waals surface area contributed by atoms with Crippen LogP contribution >= 0.6 is 0 Å². The molecule has 0 saturated carbocycles. The highest BCUT2D eigenvalue weighted by Gasteiger charge is 2.40. The van der Waals surface area contributed by atoms with E-state index in [4.69, 9.17) is 5.11 Å². The van der Waals surface area contributed by atoms with Gasteiger partial charge in [0, 0.05) is 12.1 Å². The molecule has 24 heavy (non-hydrogen) atoms. The number of nitrogens with zero attached hydrogens (tertiary/aromatic N) is 2. The monoisotopic (exact) mass is 341 g/mol. The van der Waals surface area contributed by atoms with Gasteiger partial charge in [0.1, 0.15) is 5.56 Å². The van der Waals surface area contributed by atoms with E-state index in [2.05, 4.69) is 10.4 Å². The number of aromatic carboxylic acids is 1. The fourth-order valence-corrected chi connectivity index (χ4v) is 2.11. The zero-order valence-electron chi connectivity index (χ0n) is 12.6. The molecule has 1 aromatic carbocycles. The van der Waals surface area contributed by atoms with E-state index in [9.17, 15) is 22.8 Å². The van der Waals surface area contributed by atoms with E-state index in [1.165, 1.54) is 24.3 Å². The summed E-state index contributed by atoms with van der Waals surface area (Å²) in [7, 11) is 0. The quantitative estimate of drug-likeness (QED) is 0.874. The molecule has 1 amide bonds. The lowest BCUT2D eigenvalue weighted by atomic mass is 10.2. The lowest BCUT2D eigenvalue weighted by molar-refractivity contribution is -0.143. The Labute approximate surface area is 134 Å². The molecule has 0 saturated heterocycles. The molecule has 0 aliphatic heterocycles. The molecule has 0 aliphatic carbocycles. The molecule has 2 rings (SSSR count). The van der Waals surface area contributed by atoms with Gasteiger partial charge in [-0.05, 0) is 30.7 Å². The number of alkyl halides is 3. The van der Waals surface area contributed by atoms with Crippen molar-refractivity contribution in [1.29, 1.82) is 0 Å². The van der Waals surface area contributed by atoms with Crippen LogP contribution in [0.1, 0.15) is 35.8 Å². The molecular formula is C15H14F3N3O3. The van der Waals surface area contributed by atoms with Crippen LogP contribution in [0.15, 0.2) is 30.5 Å². The number of carbonyl (C=O) groups excluding carboxylic acids is 1. The van der Waals surface area contributed by atoms with Gasteiger partial charge < -0.3 is 10.4 Å². The van der Waals surface area contributed by atoms with Gasteiger partial charge in [-0.2, -0.15) is 18.3 Å². The van der Waals surface area contributed by atoms with Gasteiger partial charge in [-0.1, -0.05) is 6.92 Å². The number of carbonyl (C=O) groups is 2. The molecule has 1 aromatic heterocycles. The number of carboxylic acid groups (broad SMARTS) is 1. The van der Waals surface area contributed by atoms with E-state index in [-0.39, 0.29) is 11.6 Å². The van der Waals surface area contributed by atoms with Crippen LogP contribution < -0.4 is 5.32 Å². The van der Waals surface area contributed by atoms with Gasteiger partial charge in [0.05, 0.1) is 11.9 Å². The number of halogens is 3. The van der Waals surface area contributed by atoms with Crippen LogP contribution in [0, 0.1) is 0 Å². The third-order valence-corrected chi connectivity index (χ3v) is 3.14. The van der Waals surface area contributed by atoms with Gasteiger partial charge in [0.25, 0.3) is 0 Å². The van der Waals surface area contributed by atoms with Crippen molar-refractivity contribution in [3.63, 3.8) is 0 Å². The Bertz CT molecular complexity index is 752. The number of benzene rings is 1. The smallest absolute Gasteiger partial charge is 0.434 e. The summed E-state index contributed by atoms with van der Waals surface area (Å²) in [4.78, 5) is 22.4. The molecule has 128 valence electrons. The summed E-state index contributed by atoms with van der Waals surface area (Å²) in [6.07, 6.45) is -3.22. The minimum absolute atomic E-state index is 0.0308. The molecule has 2 N–H and O–H groups in total. The summed E-state index contributed by atoms with van der Waals surface area (Å²) in [5, 5.41) is 15.0. The van der Waals surface area contributed by atoms with Crippen molar-refractivity contribution in [1.82, 2.24) is 9.78 Å². The maximum Gasteiger partial charge on any atom is 0.434 e. The summed E-state index contributed by atoms with van der Waals surface area (Å²) in [5.74, 6) is -1.91. The average molecular weight is 341 g/mol. The zero-order chi connectivity index (χ0) is 17.9. The number of rotatable bonds is 5. The Morgan fingerprint density at radius 2 is 1.88 bits per heavy atom. The van der Waals surface area contributed by atoms with Crippen LogP contribution in [-0.2, 0) is 11.0 Å². The van der Waals surface area contributed by atoms with Gasteiger partial charge in [0.15, 0.2) is 5.69 Å². The van der Waals surface area contributed by atoms with E-state index < -0.39 is 23.4 Å². The largest absolute Gasteiger partial charge is 0.478 e. The molecule has 0 unspecified atom stereocenters. The second kappa shape index (κ2) is 6.73. The lowest BCUT2D eigenvalue weighted by Crippen LogP contribution is -2.17. The molecule has 1 heterocycles. The van der Waals surface area contributed by atoms with Gasteiger partial charge in [-0.25, -0.2) is 9.48 Å². The minimum atomic E-state index is -4.88. The lowest BCUT2D eigenvalue weighted by Gasteiger charge is -2.12. The highest BCUT2D eigenvalue weighted by Crippen LogP contribution is 2.33. The first-order chi connectivity index (χ1) is 11.2. The van der Waals surface area contributed by atoms with Crippen molar-refractivity contribution in [2.75, 3.05) is 5.32 Å². The number of carboxylic acids is 1. The summed E-state index contributed by atoms with van der Waals surface area (Å²) in [5.41, 5.74) is -1.83. The molecule has 0 atom stereocenters. The first-order valence-electron chi connectivity index (χ1n) is 7.02. The van der Waals surface area contributed by atoms with Crippen LogP contribution in [0.2, 0.25) is 0 Å². The van der Waals surface area contributed by atoms with Crippen molar-refractivity contribution in [2.45, 2.75) is 25.9 Å². The van der Waals surface area contributed by atoms with E-state index in [0.717, 1.165) is 0 Å². The van der Waals surface area contributed by atoms with Gasteiger partial charge >= 0.3 is 12.1 Å². The predicted molar refractivity (Wildman–Crippen MR) is 79.1 cm³/mol. The maximum atomic E-state index is 13.1. The Hall–Kier alpha value is -2.84. The van der Waals surface area contributed by atoms with Gasteiger partial charge in [0.2, 0.25) is 5.91 Å². The van der Waals surface area contributed by atoms with E-state index in [0.29, 0.717) is 29.4 Å². The van der Waals surface area contributed by atoms with Crippen molar-refractivity contribution in [2.24, 2.45) is 0 Å². The summed E-state index contributed by atoms with van der Waals surface area (Å²) >= 11 is 0. The van der Waals surface area contributed by atoms with Crippen molar-refractivity contribution in [3.8, 4) is 5.69 Å². The molecule has 6 nitrogen and oxygen atoms in total. The Morgan fingerprint density at radius 3 is 2.38 bits per heavy atom. The molecular weight excluding hydrogens is 327 g/mol. The standard InChI is InChI=1S/C15H14F3N3O3/c1-2-3-12(22)20-9-4-6-10(7-5-9)21-13(15(16,17)18)11(8-19-21)14(23)24/h4-8H,2-3H2,1H3,(H,20,22)(H,23,24). The Balaban J connectivity index is 2.36. The van der Waals surface area contributed by atoms with Crippen LogP contribution in [0.25, 0.3) is 5.69 Å². The minimum Gasteiger partial charge on any atom is -0.478 e. The molecule has 2 aromatic rings. The van der Waals surface area contributed by atoms with Crippen LogP contribution in [0.3, 0.4) is 0 Å². The van der Waals surface area contributed by atoms with Crippen molar-refractivity contribution in [3.05, 3.63) is 41.7 Å². The fraction of sp³-hybridized carbons (Fsp3) is 0.267. The average Bonchev–Trinajstić information content (AvgIpc) is 2.93. The van der Waals surface area contributed by atoms with Crippen LogP contribution in [-0.4, -0.2) is 26.8 Å². The number of hydrogen-bond acceptors (Lipinski definition) is 3. The molecule has 0 fully saturated rings. The van der Waals surface area contributed by atoms with E-state index in [1.807, 2.05) is 6.92 Å². The molecule has 0 spiro atoms. The molecule has 0 bridgehead atoms. The highest BCUT2D eigenvalue weighted by atomic mass is 19.4. The third kappa shape index (κ3) is 3.73. The van der Waals surface area contributed by atoms with Crippen molar-refractivity contribution < 1.29 is 27.9 Å². The Kier molecular flexibility index (Phi) is 4.91. The van der Waals surface area contributed by atoms with Crippen LogP contribution in [0.5, 0.6) is 0 Å². The topological polar surface area (TPSA) is 84.2 Å². The number of amides is 1. The SMILES string of the molecule is CCCC(=O)Nc1ccc(-n2ncc(C(=O)O)c2C(F)(F)F)cc1. The first kappa shape index (κ1) is 17.5. The highest BCUT2D eigenvalue weighted by molar-refractivity contribution is 5.91. The van der Waals surface area contributed by atoms with Crippen molar-refractivity contribution >= 4 is 17.6 Å². The predicted octanol–water partition coefficient (Wildman–Crippen LogP) is 3.33. The molecule has 0 radical (unpaired) electrons. The van der Waals surface area contributed by atoms with E-state index in [1.54, 1.807) is 0 Å².